The number of hydrogen-bond acceptors (Lipinski definition) is 4. The maximum absolute atomic E-state index is 12.1. The predicted octanol–water partition coefficient (Wildman–Crippen LogP) is 1.67. The molecule has 2 aromatic heterocycles. The number of carbonyl (C=O) groups excluding carboxylic acids is 1. The van der Waals surface area contributed by atoms with Crippen molar-refractivity contribution in [1.82, 2.24) is 24.9 Å². The molecule has 106 valence electrons. The van der Waals surface area contributed by atoms with E-state index in [1.54, 1.807) is 10.7 Å². The Balaban J connectivity index is 1.76. The average Bonchev–Trinajstić information content (AvgIpc) is 2.90. The van der Waals surface area contributed by atoms with Crippen LogP contribution in [0.25, 0.3) is 5.78 Å². The van der Waals surface area contributed by atoms with Crippen molar-refractivity contribution in [1.29, 1.82) is 0 Å². The van der Waals surface area contributed by atoms with Crippen LogP contribution < -0.4 is 5.32 Å². The van der Waals surface area contributed by atoms with Gasteiger partial charge in [0.15, 0.2) is 0 Å². The molecule has 21 heavy (non-hydrogen) atoms. The van der Waals surface area contributed by atoms with E-state index >= 15 is 0 Å². The quantitative estimate of drug-likeness (QED) is 0.792. The largest absolute Gasteiger partial charge is 0.345 e. The second-order valence-corrected chi connectivity index (χ2v) is 4.91. The molecule has 6 nitrogen and oxygen atoms in total. The average molecular weight is 281 g/mol. The van der Waals surface area contributed by atoms with Crippen molar-refractivity contribution in [3.63, 3.8) is 0 Å². The number of fused-ring (bicyclic) bond motifs is 1. The van der Waals surface area contributed by atoms with E-state index in [4.69, 9.17) is 0 Å². The molecule has 3 rings (SSSR count). The molecule has 0 bridgehead atoms. The third kappa shape index (κ3) is 2.74. The normalized spacial score (nSPS) is 10.8. The van der Waals surface area contributed by atoms with E-state index in [1.165, 1.54) is 0 Å². The molecule has 0 saturated heterocycles. The lowest BCUT2D eigenvalue weighted by Gasteiger charge is -2.03. The van der Waals surface area contributed by atoms with Gasteiger partial charge >= 0.3 is 0 Å². The number of benzene rings is 1. The zero-order valence-corrected chi connectivity index (χ0v) is 11.9. The van der Waals surface area contributed by atoms with Crippen LogP contribution in [0.3, 0.4) is 0 Å². The highest BCUT2D eigenvalue weighted by Crippen LogP contribution is 2.05. The maximum atomic E-state index is 12.1. The van der Waals surface area contributed by atoms with Crippen molar-refractivity contribution in [2.24, 2.45) is 0 Å². The molecule has 1 N–H and O–H groups in total. The highest BCUT2D eigenvalue weighted by molar-refractivity contribution is 5.90. The van der Waals surface area contributed by atoms with E-state index in [1.807, 2.05) is 44.2 Å². The van der Waals surface area contributed by atoms with E-state index in [0.717, 1.165) is 16.8 Å². The maximum Gasteiger partial charge on any atom is 0.291 e. The second kappa shape index (κ2) is 5.32. The molecule has 3 aromatic rings. The van der Waals surface area contributed by atoms with Gasteiger partial charge in [-0.2, -0.15) is 4.98 Å². The molecule has 1 aromatic carbocycles. The van der Waals surface area contributed by atoms with Crippen molar-refractivity contribution in [3.8, 4) is 0 Å². The summed E-state index contributed by atoms with van der Waals surface area (Å²) in [6.45, 7) is 4.35. The minimum Gasteiger partial charge on any atom is -0.345 e. The molecule has 0 saturated carbocycles. The SMILES string of the molecule is Cc1cccc(CNC(=O)c2nc3nccc(C)n3n2)c1. The van der Waals surface area contributed by atoms with Crippen LogP contribution in [0, 0.1) is 13.8 Å². The highest BCUT2D eigenvalue weighted by atomic mass is 16.2. The number of nitrogens with one attached hydrogen (secondary N) is 1. The van der Waals surface area contributed by atoms with Gasteiger partial charge in [0.05, 0.1) is 0 Å². The topological polar surface area (TPSA) is 72.2 Å². The first-order valence-corrected chi connectivity index (χ1v) is 6.65. The Bertz CT molecular complexity index is 809. The summed E-state index contributed by atoms with van der Waals surface area (Å²) >= 11 is 0. The van der Waals surface area contributed by atoms with Crippen LogP contribution in [-0.4, -0.2) is 25.5 Å². The van der Waals surface area contributed by atoms with Crippen molar-refractivity contribution in [2.75, 3.05) is 0 Å². The molecule has 0 aliphatic carbocycles. The second-order valence-electron chi connectivity index (χ2n) is 4.91. The third-order valence-corrected chi connectivity index (χ3v) is 3.17. The molecule has 6 heteroatoms. The summed E-state index contributed by atoms with van der Waals surface area (Å²) < 4.78 is 1.56. The van der Waals surface area contributed by atoms with E-state index in [2.05, 4.69) is 20.4 Å². The van der Waals surface area contributed by atoms with Gasteiger partial charge in [-0.05, 0) is 25.5 Å². The van der Waals surface area contributed by atoms with Gasteiger partial charge in [0.25, 0.3) is 11.7 Å². The first-order valence-electron chi connectivity index (χ1n) is 6.65. The monoisotopic (exact) mass is 281 g/mol. The van der Waals surface area contributed by atoms with Gasteiger partial charge in [0.2, 0.25) is 5.82 Å². The number of carbonyl (C=O) groups is 1. The van der Waals surface area contributed by atoms with Gasteiger partial charge < -0.3 is 5.32 Å². The van der Waals surface area contributed by atoms with Crippen LogP contribution in [0.4, 0.5) is 0 Å². The Morgan fingerprint density at radius 3 is 2.90 bits per heavy atom. The number of rotatable bonds is 3. The molecule has 0 unspecified atom stereocenters. The van der Waals surface area contributed by atoms with E-state index in [0.29, 0.717) is 12.3 Å². The van der Waals surface area contributed by atoms with Gasteiger partial charge in [-0.1, -0.05) is 29.8 Å². The molecule has 0 spiro atoms. The van der Waals surface area contributed by atoms with Gasteiger partial charge in [0.1, 0.15) is 0 Å². The number of hydrogen-bond donors (Lipinski definition) is 1. The molecular formula is C15H15N5O. The first kappa shape index (κ1) is 13.2. The lowest BCUT2D eigenvalue weighted by Crippen LogP contribution is -2.24. The predicted molar refractivity (Wildman–Crippen MR) is 77.9 cm³/mol. The molecule has 0 fully saturated rings. The molecule has 0 radical (unpaired) electrons. The summed E-state index contributed by atoms with van der Waals surface area (Å²) in [7, 11) is 0. The summed E-state index contributed by atoms with van der Waals surface area (Å²) in [5.41, 5.74) is 3.08. The van der Waals surface area contributed by atoms with Crippen molar-refractivity contribution in [3.05, 3.63) is 59.2 Å². The Hall–Kier alpha value is -2.76. The smallest absolute Gasteiger partial charge is 0.291 e. The minimum absolute atomic E-state index is 0.129. The Morgan fingerprint density at radius 1 is 1.29 bits per heavy atom. The van der Waals surface area contributed by atoms with Crippen LogP contribution in [0.5, 0.6) is 0 Å². The zero-order chi connectivity index (χ0) is 14.8. The summed E-state index contributed by atoms with van der Waals surface area (Å²) in [5, 5.41) is 6.99. The van der Waals surface area contributed by atoms with Gasteiger partial charge in [-0.25, -0.2) is 9.50 Å². The standard InChI is InChI=1S/C15H15N5O/c1-10-4-3-5-12(8-10)9-17-14(21)13-18-15-16-7-6-11(2)20(15)19-13/h3-8H,9H2,1-2H3,(H,17,21). The van der Waals surface area contributed by atoms with E-state index in [-0.39, 0.29) is 11.7 Å². The van der Waals surface area contributed by atoms with Crippen LogP contribution in [0.15, 0.2) is 36.5 Å². The third-order valence-electron chi connectivity index (χ3n) is 3.17. The van der Waals surface area contributed by atoms with E-state index < -0.39 is 0 Å². The van der Waals surface area contributed by atoms with Gasteiger partial charge in [-0.15, -0.1) is 5.10 Å². The molecule has 2 heterocycles. The number of aromatic nitrogens is 4. The van der Waals surface area contributed by atoms with Crippen LogP contribution in [0.1, 0.15) is 27.4 Å². The zero-order valence-electron chi connectivity index (χ0n) is 11.9. The number of aryl methyl sites for hydroxylation is 2. The lowest BCUT2D eigenvalue weighted by atomic mass is 10.1. The molecule has 1 amide bonds. The van der Waals surface area contributed by atoms with Crippen LogP contribution >= 0.6 is 0 Å². The van der Waals surface area contributed by atoms with Crippen LogP contribution in [-0.2, 0) is 6.54 Å². The van der Waals surface area contributed by atoms with Gasteiger partial charge in [-0.3, -0.25) is 4.79 Å². The summed E-state index contributed by atoms with van der Waals surface area (Å²) in [4.78, 5) is 20.3. The minimum atomic E-state index is -0.304. The Morgan fingerprint density at radius 2 is 2.14 bits per heavy atom. The fourth-order valence-corrected chi connectivity index (χ4v) is 2.09. The van der Waals surface area contributed by atoms with Crippen molar-refractivity contribution < 1.29 is 4.79 Å². The molecule has 0 aliphatic heterocycles. The summed E-state index contributed by atoms with van der Waals surface area (Å²) in [6, 6.07) is 9.80. The fraction of sp³-hybridized carbons (Fsp3) is 0.200. The Kier molecular flexibility index (Phi) is 3.35. The summed E-state index contributed by atoms with van der Waals surface area (Å²) in [5.74, 6) is 0.251. The lowest BCUT2D eigenvalue weighted by molar-refractivity contribution is 0.0940. The molecule has 0 atom stereocenters. The van der Waals surface area contributed by atoms with E-state index in [9.17, 15) is 4.79 Å². The highest BCUT2D eigenvalue weighted by Gasteiger charge is 2.13. The first-order chi connectivity index (χ1) is 10.1. The van der Waals surface area contributed by atoms with Gasteiger partial charge in [0, 0.05) is 18.4 Å². The molecular weight excluding hydrogens is 266 g/mol. The number of amides is 1. The Labute approximate surface area is 121 Å². The summed E-state index contributed by atoms with van der Waals surface area (Å²) in [6.07, 6.45) is 1.65. The fourth-order valence-electron chi connectivity index (χ4n) is 2.09. The van der Waals surface area contributed by atoms with Crippen molar-refractivity contribution in [2.45, 2.75) is 20.4 Å². The number of nitrogens with zero attached hydrogens (tertiary/aromatic N) is 4. The van der Waals surface area contributed by atoms with Crippen LogP contribution in [0.2, 0.25) is 0 Å². The molecule has 0 aliphatic rings. The van der Waals surface area contributed by atoms with Crippen molar-refractivity contribution >= 4 is 11.7 Å².